The SMILES string of the molecule is CC(=O)NCCOCCC(=O)NCCCCn1nc(-c2ccc3oc(N)nc3c2)c2c(N)ncnc21. The molecular weight excluding hydrogens is 466 g/mol. The number of oxazole rings is 1. The number of aryl methyl sites for hydroxylation is 1. The molecule has 36 heavy (non-hydrogen) atoms. The Bertz CT molecular complexity index is 1360. The van der Waals surface area contributed by atoms with Gasteiger partial charge >= 0.3 is 0 Å². The van der Waals surface area contributed by atoms with E-state index in [0.29, 0.717) is 66.5 Å². The van der Waals surface area contributed by atoms with E-state index in [1.54, 1.807) is 10.7 Å². The lowest BCUT2D eigenvalue weighted by atomic mass is 10.1. The summed E-state index contributed by atoms with van der Waals surface area (Å²) in [7, 11) is 0. The molecule has 0 fully saturated rings. The number of fused-ring (bicyclic) bond motifs is 2. The van der Waals surface area contributed by atoms with Crippen LogP contribution in [0.25, 0.3) is 33.4 Å². The zero-order valence-electron chi connectivity index (χ0n) is 20.0. The quantitative estimate of drug-likeness (QED) is 0.208. The van der Waals surface area contributed by atoms with Crippen LogP contribution in [0, 0.1) is 0 Å². The van der Waals surface area contributed by atoms with Crippen LogP contribution in [-0.4, -0.2) is 62.9 Å². The van der Waals surface area contributed by atoms with E-state index in [1.165, 1.54) is 13.3 Å². The first-order chi connectivity index (χ1) is 17.4. The molecule has 0 bridgehead atoms. The maximum absolute atomic E-state index is 12.0. The summed E-state index contributed by atoms with van der Waals surface area (Å²) in [5, 5.41) is 10.9. The average Bonchev–Trinajstić information content (AvgIpc) is 3.40. The molecule has 0 aliphatic carbocycles. The number of carbonyl (C=O) groups is 2. The number of amides is 2. The van der Waals surface area contributed by atoms with Crippen molar-refractivity contribution in [2.45, 2.75) is 32.7 Å². The van der Waals surface area contributed by atoms with Crippen LogP contribution in [0.3, 0.4) is 0 Å². The van der Waals surface area contributed by atoms with E-state index in [-0.39, 0.29) is 24.2 Å². The van der Waals surface area contributed by atoms with E-state index in [4.69, 9.17) is 25.7 Å². The summed E-state index contributed by atoms with van der Waals surface area (Å²) in [6.07, 6.45) is 3.22. The lowest BCUT2D eigenvalue weighted by Gasteiger charge is -2.07. The normalized spacial score (nSPS) is 11.2. The monoisotopic (exact) mass is 495 g/mol. The number of nitrogens with one attached hydrogen (secondary N) is 2. The fourth-order valence-electron chi connectivity index (χ4n) is 3.75. The van der Waals surface area contributed by atoms with E-state index in [9.17, 15) is 9.59 Å². The van der Waals surface area contributed by atoms with E-state index in [2.05, 4.69) is 25.6 Å². The van der Waals surface area contributed by atoms with Crippen LogP contribution in [0.4, 0.5) is 11.8 Å². The van der Waals surface area contributed by atoms with Crippen molar-refractivity contribution in [2.24, 2.45) is 0 Å². The number of hydrogen-bond acceptors (Lipinski definition) is 10. The molecule has 3 heterocycles. The fraction of sp³-hybridized carbons (Fsp3) is 0.391. The molecule has 0 aliphatic heterocycles. The topological polar surface area (TPSA) is 189 Å². The minimum atomic E-state index is -0.106. The van der Waals surface area contributed by atoms with Crippen molar-refractivity contribution >= 4 is 45.8 Å². The summed E-state index contributed by atoms with van der Waals surface area (Å²) in [4.78, 5) is 35.5. The standard InChI is InChI=1S/C23H29N9O4/c1-14(33)26-8-11-35-10-6-18(34)27-7-2-3-9-32-22-19(21(24)28-13-29-22)20(31-32)15-4-5-17-16(12-15)30-23(25)36-17/h4-5,12-13H,2-3,6-11H2,1H3,(H2,25,30)(H,26,33)(H,27,34)(H2,24,28,29). The Hall–Kier alpha value is -4.26. The highest BCUT2D eigenvalue weighted by molar-refractivity contribution is 5.99. The molecular formula is C23H29N9O4. The predicted molar refractivity (Wildman–Crippen MR) is 134 cm³/mol. The van der Waals surface area contributed by atoms with Gasteiger partial charge in [0.15, 0.2) is 11.2 Å². The molecule has 0 unspecified atom stereocenters. The fourth-order valence-corrected chi connectivity index (χ4v) is 3.75. The molecule has 0 atom stereocenters. The molecule has 0 saturated carbocycles. The smallest absolute Gasteiger partial charge is 0.292 e. The molecule has 4 aromatic rings. The van der Waals surface area contributed by atoms with Crippen LogP contribution >= 0.6 is 0 Å². The van der Waals surface area contributed by atoms with Gasteiger partial charge in [-0.2, -0.15) is 10.1 Å². The number of nitrogen functional groups attached to an aromatic ring is 2. The highest BCUT2D eigenvalue weighted by Crippen LogP contribution is 2.32. The third-order valence-corrected chi connectivity index (χ3v) is 5.45. The molecule has 0 saturated heterocycles. The largest absolute Gasteiger partial charge is 0.424 e. The lowest BCUT2D eigenvalue weighted by Crippen LogP contribution is -2.27. The minimum Gasteiger partial charge on any atom is -0.424 e. The number of ether oxygens (including phenoxy) is 1. The van der Waals surface area contributed by atoms with Crippen molar-refractivity contribution in [3.63, 3.8) is 0 Å². The lowest BCUT2D eigenvalue weighted by molar-refractivity contribution is -0.122. The first-order valence-corrected chi connectivity index (χ1v) is 11.6. The number of benzene rings is 1. The van der Waals surface area contributed by atoms with Gasteiger partial charge in [-0.15, -0.1) is 0 Å². The van der Waals surface area contributed by atoms with Gasteiger partial charge in [0.2, 0.25) is 11.8 Å². The second-order valence-corrected chi connectivity index (χ2v) is 8.17. The Balaban J connectivity index is 1.31. The molecule has 6 N–H and O–H groups in total. The van der Waals surface area contributed by atoms with Gasteiger partial charge in [-0.05, 0) is 31.0 Å². The maximum atomic E-state index is 12.0. The number of aromatic nitrogens is 5. The number of nitrogens with two attached hydrogens (primary N) is 2. The third-order valence-electron chi connectivity index (χ3n) is 5.45. The van der Waals surface area contributed by atoms with Gasteiger partial charge in [0, 0.05) is 38.5 Å². The highest BCUT2D eigenvalue weighted by Gasteiger charge is 2.18. The Morgan fingerprint density at radius 3 is 2.81 bits per heavy atom. The van der Waals surface area contributed by atoms with Crippen molar-refractivity contribution in [2.75, 3.05) is 37.8 Å². The Kier molecular flexibility index (Phi) is 7.90. The van der Waals surface area contributed by atoms with Crippen LogP contribution in [0.15, 0.2) is 28.9 Å². The number of nitrogens with zero attached hydrogens (tertiary/aromatic N) is 5. The van der Waals surface area contributed by atoms with Gasteiger partial charge in [-0.1, -0.05) is 0 Å². The van der Waals surface area contributed by atoms with Crippen molar-refractivity contribution in [3.8, 4) is 11.3 Å². The summed E-state index contributed by atoms with van der Waals surface area (Å²) in [5.41, 5.74) is 15.1. The van der Waals surface area contributed by atoms with E-state index >= 15 is 0 Å². The van der Waals surface area contributed by atoms with Gasteiger partial charge in [0.05, 0.1) is 18.6 Å². The van der Waals surface area contributed by atoms with E-state index in [1.807, 2.05) is 12.1 Å². The van der Waals surface area contributed by atoms with E-state index < -0.39 is 0 Å². The summed E-state index contributed by atoms with van der Waals surface area (Å²) in [6, 6.07) is 5.59. The molecule has 0 aliphatic rings. The molecule has 3 aromatic heterocycles. The van der Waals surface area contributed by atoms with Crippen molar-refractivity contribution in [1.82, 2.24) is 35.4 Å². The molecule has 2 amide bonds. The van der Waals surface area contributed by atoms with Crippen molar-refractivity contribution in [3.05, 3.63) is 24.5 Å². The Labute approximate surface area is 206 Å². The van der Waals surface area contributed by atoms with Crippen LogP contribution in [0.1, 0.15) is 26.2 Å². The highest BCUT2D eigenvalue weighted by atomic mass is 16.5. The first-order valence-electron chi connectivity index (χ1n) is 11.6. The molecule has 13 heteroatoms. The minimum absolute atomic E-state index is 0.0780. The molecule has 190 valence electrons. The molecule has 1 aromatic carbocycles. The number of rotatable bonds is 12. The molecule has 4 rings (SSSR count). The van der Waals surface area contributed by atoms with Crippen LogP contribution in [-0.2, 0) is 20.9 Å². The van der Waals surface area contributed by atoms with Gasteiger partial charge in [-0.25, -0.2) is 14.6 Å². The third kappa shape index (κ3) is 6.05. The summed E-state index contributed by atoms with van der Waals surface area (Å²) in [6.45, 7) is 3.69. The van der Waals surface area contributed by atoms with Crippen molar-refractivity contribution < 1.29 is 18.7 Å². The number of carbonyl (C=O) groups excluding carboxylic acids is 2. The molecule has 13 nitrogen and oxygen atoms in total. The van der Waals surface area contributed by atoms with Crippen molar-refractivity contribution in [1.29, 1.82) is 0 Å². The second-order valence-electron chi connectivity index (χ2n) is 8.17. The summed E-state index contributed by atoms with van der Waals surface area (Å²) in [5.74, 6) is 0.156. The van der Waals surface area contributed by atoms with Crippen LogP contribution < -0.4 is 22.1 Å². The summed E-state index contributed by atoms with van der Waals surface area (Å²) < 4.78 is 12.5. The maximum Gasteiger partial charge on any atom is 0.292 e. The van der Waals surface area contributed by atoms with Gasteiger partial charge in [0.25, 0.3) is 6.01 Å². The zero-order chi connectivity index (χ0) is 25.5. The number of anilines is 2. The number of unbranched alkanes of at least 4 members (excludes halogenated alkanes) is 1. The molecule has 0 spiro atoms. The number of hydrogen-bond donors (Lipinski definition) is 4. The van der Waals surface area contributed by atoms with Gasteiger partial charge < -0.3 is 31.3 Å². The van der Waals surface area contributed by atoms with E-state index in [0.717, 1.165) is 18.4 Å². The average molecular weight is 496 g/mol. The predicted octanol–water partition coefficient (Wildman–Crippen LogP) is 1.24. The first kappa shape index (κ1) is 24.9. The molecule has 0 radical (unpaired) electrons. The van der Waals surface area contributed by atoms with Gasteiger partial charge in [0.1, 0.15) is 23.4 Å². The Morgan fingerprint density at radius 1 is 1.11 bits per heavy atom. The second kappa shape index (κ2) is 11.4. The van der Waals surface area contributed by atoms with Crippen LogP contribution in [0.2, 0.25) is 0 Å². The zero-order valence-corrected chi connectivity index (χ0v) is 20.0. The van der Waals surface area contributed by atoms with Crippen LogP contribution in [0.5, 0.6) is 0 Å². The van der Waals surface area contributed by atoms with Gasteiger partial charge in [-0.3, -0.25) is 9.59 Å². The Morgan fingerprint density at radius 2 is 1.97 bits per heavy atom. The summed E-state index contributed by atoms with van der Waals surface area (Å²) >= 11 is 0.